The van der Waals surface area contributed by atoms with E-state index in [-0.39, 0.29) is 5.91 Å². The molecule has 0 radical (unpaired) electrons. The molecule has 1 unspecified atom stereocenters. The van der Waals surface area contributed by atoms with E-state index >= 15 is 0 Å². The molecule has 1 fully saturated rings. The summed E-state index contributed by atoms with van der Waals surface area (Å²) in [6.45, 7) is 5.69. The number of hydrogen-bond acceptors (Lipinski definition) is 3. The Morgan fingerprint density at radius 3 is 2.90 bits per heavy atom. The smallest absolute Gasteiger partial charge is 0.221 e. The Morgan fingerprint density at radius 2 is 2.20 bits per heavy atom. The number of anilines is 2. The Balaban J connectivity index is 1.97. The molecule has 1 aromatic rings. The fourth-order valence-corrected chi connectivity index (χ4v) is 2.69. The van der Waals surface area contributed by atoms with E-state index in [0.717, 1.165) is 23.5 Å². The van der Waals surface area contributed by atoms with E-state index in [1.54, 1.807) is 0 Å². The van der Waals surface area contributed by atoms with E-state index in [1.807, 2.05) is 19.1 Å². The summed E-state index contributed by atoms with van der Waals surface area (Å²) in [5, 5.41) is 6.36. The van der Waals surface area contributed by atoms with Crippen LogP contribution < -0.4 is 10.6 Å². The zero-order valence-corrected chi connectivity index (χ0v) is 12.7. The highest BCUT2D eigenvalue weighted by atomic mass is 16.1. The number of hydrogen-bond donors (Lipinski definition) is 2. The summed E-state index contributed by atoms with van der Waals surface area (Å²) in [7, 11) is 2.20. The van der Waals surface area contributed by atoms with Gasteiger partial charge in [0.2, 0.25) is 5.91 Å². The Hall–Kier alpha value is -1.55. The van der Waals surface area contributed by atoms with Crippen molar-refractivity contribution in [2.45, 2.75) is 39.2 Å². The van der Waals surface area contributed by atoms with Gasteiger partial charge in [0.15, 0.2) is 0 Å². The molecule has 20 heavy (non-hydrogen) atoms. The second-order valence-corrected chi connectivity index (χ2v) is 5.72. The molecule has 0 spiro atoms. The summed E-state index contributed by atoms with van der Waals surface area (Å²) < 4.78 is 0. The van der Waals surface area contributed by atoms with E-state index < -0.39 is 0 Å². The summed E-state index contributed by atoms with van der Waals surface area (Å²) in [6.07, 6.45) is 3.89. The molecule has 1 aromatic carbocycles. The molecule has 4 heteroatoms. The van der Waals surface area contributed by atoms with Gasteiger partial charge in [-0.25, -0.2) is 0 Å². The minimum atomic E-state index is -0.0303. The van der Waals surface area contributed by atoms with Crippen molar-refractivity contribution in [3.63, 3.8) is 0 Å². The van der Waals surface area contributed by atoms with Crippen LogP contribution in [-0.2, 0) is 4.79 Å². The van der Waals surface area contributed by atoms with Crippen LogP contribution >= 0.6 is 0 Å². The Bertz CT molecular complexity index is 473. The van der Waals surface area contributed by atoms with Gasteiger partial charge in [0.1, 0.15) is 0 Å². The molecule has 1 heterocycles. The highest BCUT2D eigenvalue weighted by Crippen LogP contribution is 2.21. The third-order valence-electron chi connectivity index (χ3n) is 4.01. The second-order valence-electron chi connectivity index (χ2n) is 5.72. The average Bonchev–Trinajstić information content (AvgIpc) is 2.40. The first-order valence-electron chi connectivity index (χ1n) is 7.38. The zero-order valence-electron chi connectivity index (χ0n) is 12.7. The molecule has 2 rings (SSSR count). The molecule has 1 atom stereocenters. The van der Waals surface area contributed by atoms with Crippen LogP contribution in [0.25, 0.3) is 0 Å². The van der Waals surface area contributed by atoms with Gasteiger partial charge in [-0.15, -0.1) is 0 Å². The number of likely N-dealkylation sites (tertiary alicyclic amines) is 1. The lowest BCUT2D eigenvalue weighted by atomic mass is 10.0. The van der Waals surface area contributed by atoms with Gasteiger partial charge in [-0.05, 0) is 51.1 Å². The maximum atomic E-state index is 11.2. The van der Waals surface area contributed by atoms with Crippen LogP contribution in [0.5, 0.6) is 0 Å². The monoisotopic (exact) mass is 275 g/mol. The first-order valence-corrected chi connectivity index (χ1v) is 7.38. The molecule has 110 valence electrons. The Kier molecular flexibility index (Phi) is 5.01. The lowest BCUT2D eigenvalue weighted by molar-refractivity contribution is -0.114. The molecule has 0 aromatic heterocycles. The molecule has 0 saturated carbocycles. The molecule has 0 bridgehead atoms. The number of amides is 1. The van der Waals surface area contributed by atoms with Crippen molar-refractivity contribution in [3.05, 3.63) is 23.8 Å². The molecule has 1 saturated heterocycles. The number of nitrogens with zero attached hydrogens (tertiary/aromatic N) is 1. The molecule has 2 N–H and O–H groups in total. The largest absolute Gasteiger partial charge is 0.383 e. The highest BCUT2D eigenvalue weighted by molar-refractivity contribution is 5.90. The first kappa shape index (κ1) is 14.9. The fourth-order valence-electron chi connectivity index (χ4n) is 2.69. The van der Waals surface area contributed by atoms with Crippen LogP contribution in [0.2, 0.25) is 0 Å². The van der Waals surface area contributed by atoms with Crippen molar-refractivity contribution in [2.75, 3.05) is 30.8 Å². The molecule has 1 aliphatic heterocycles. The number of rotatable bonds is 4. The van der Waals surface area contributed by atoms with Crippen molar-refractivity contribution < 1.29 is 4.79 Å². The third kappa shape index (κ3) is 3.97. The van der Waals surface area contributed by atoms with E-state index in [0.29, 0.717) is 6.04 Å². The van der Waals surface area contributed by atoms with Gasteiger partial charge in [0.05, 0.1) is 0 Å². The highest BCUT2D eigenvalue weighted by Gasteiger charge is 2.18. The molecular weight excluding hydrogens is 250 g/mol. The van der Waals surface area contributed by atoms with Gasteiger partial charge in [0, 0.05) is 30.9 Å². The van der Waals surface area contributed by atoms with Crippen molar-refractivity contribution in [2.24, 2.45) is 0 Å². The van der Waals surface area contributed by atoms with E-state index in [4.69, 9.17) is 0 Å². The fraction of sp³-hybridized carbons (Fsp3) is 0.562. The maximum Gasteiger partial charge on any atom is 0.221 e. The van der Waals surface area contributed by atoms with Crippen LogP contribution in [0.1, 0.15) is 31.7 Å². The maximum absolute atomic E-state index is 11.2. The number of nitrogens with one attached hydrogen (secondary N) is 2. The number of carbonyl (C=O) groups excluding carboxylic acids is 1. The van der Waals surface area contributed by atoms with Crippen LogP contribution in [0.3, 0.4) is 0 Å². The number of benzene rings is 1. The topological polar surface area (TPSA) is 44.4 Å². The molecule has 4 nitrogen and oxygen atoms in total. The molecule has 1 aliphatic rings. The van der Waals surface area contributed by atoms with Crippen LogP contribution in [0, 0.1) is 6.92 Å². The average molecular weight is 275 g/mol. The van der Waals surface area contributed by atoms with Gasteiger partial charge in [-0.2, -0.15) is 0 Å². The Morgan fingerprint density at radius 1 is 1.40 bits per heavy atom. The molecular formula is C16H25N3O. The summed E-state index contributed by atoms with van der Waals surface area (Å²) >= 11 is 0. The minimum absolute atomic E-state index is 0.0303. The summed E-state index contributed by atoms with van der Waals surface area (Å²) in [4.78, 5) is 13.6. The van der Waals surface area contributed by atoms with Gasteiger partial charge in [-0.1, -0.05) is 12.5 Å². The Labute approximate surface area is 121 Å². The van der Waals surface area contributed by atoms with E-state index in [9.17, 15) is 4.79 Å². The third-order valence-corrected chi connectivity index (χ3v) is 4.01. The predicted octanol–water partition coefficient (Wildman–Crippen LogP) is 2.85. The van der Waals surface area contributed by atoms with E-state index in [2.05, 4.69) is 28.6 Å². The number of likely N-dealkylation sites (N-methyl/N-ethyl adjacent to an activating group) is 1. The number of piperidine rings is 1. The van der Waals surface area contributed by atoms with Gasteiger partial charge >= 0.3 is 0 Å². The zero-order chi connectivity index (χ0) is 14.5. The van der Waals surface area contributed by atoms with Crippen molar-refractivity contribution in [1.82, 2.24) is 4.90 Å². The summed E-state index contributed by atoms with van der Waals surface area (Å²) in [5.41, 5.74) is 3.04. The lowest BCUT2D eigenvalue weighted by Crippen LogP contribution is -2.40. The van der Waals surface area contributed by atoms with Gasteiger partial charge in [-0.3, -0.25) is 4.79 Å². The van der Waals surface area contributed by atoms with Crippen LogP contribution in [0.15, 0.2) is 18.2 Å². The summed E-state index contributed by atoms with van der Waals surface area (Å²) in [5.74, 6) is -0.0303. The predicted molar refractivity (Wildman–Crippen MR) is 84.2 cm³/mol. The van der Waals surface area contributed by atoms with Gasteiger partial charge in [0.25, 0.3) is 0 Å². The normalized spacial score (nSPS) is 19.6. The standard InChI is InChI=1S/C16H25N3O/c1-12-7-8-14(10-16(12)18-13(2)20)17-11-15-6-4-5-9-19(15)3/h7-8,10,15,17H,4-6,9,11H2,1-3H3,(H,18,20). The van der Waals surface area contributed by atoms with Gasteiger partial charge < -0.3 is 15.5 Å². The quantitative estimate of drug-likeness (QED) is 0.888. The molecule has 0 aliphatic carbocycles. The van der Waals surface area contributed by atoms with Crippen molar-refractivity contribution in [3.8, 4) is 0 Å². The van der Waals surface area contributed by atoms with E-state index in [1.165, 1.54) is 32.7 Å². The van der Waals surface area contributed by atoms with Crippen LogP contribution in [-0.4, -0.2) is 37.0 Å². The SMILES string of the molecule is CC(=O)Nc1cc(NCC2CCCCN2C)ccc1C. The second kappa shape index (κ2) is 6.75. The molecule has 1 amide bonds. The first-order chi connectivity index (χ1) is 9.56. The number of carbonyl (C=O) groups is 1. The van der Waals surface area contributed by atoms with Crippen LogP contribution in [0.4, 0.5) is 11.4 Å². The van der Waals surface area contributed by atoms with Crippen molar-refractivity contribution in [1.29, 1.82) is 0 Å². The number of aryl methyl sites for hydroxylation is 1. The lowest BCUT2D eigenvalue weighted by Gasteiger charge is -2.32. The minimum Gasteiger partial charge on any atom is -0.383 e. The summed E-state index contributed by atoms with van der Waals surface area (Å²) in [6, 6.07) is 6.73. The van der Waals surface area contributed by atoms with Crippen molar-refractivity contribution >= 4 is 17.3 Å².